The monoisotopic (exact) mass is 392 g/mol. The van der Waals surface area contributed by atoms with Crippen molar-refractivity contribution in [1.29, 1.82) is 0 Å². The number of ketones is 1. The van der Waals surface area contributed by atoms with Crippen molar-refractivity contribution in [2.75, 3.05) is 7.11 Å². The summed E-state index contributed by atoms with van der Waals surface area (Å²) in [4.78, 5) is 37.1. The minimum absolute atomic E-state index is 0.0176. The predicted octanol–water partition coefficient (Wildman–Crippen LogP) is 4.27. The van der Waals surface area contributed by atoms with Gasteiger partial charge in [-0.15, -0.1) is 0 Å². The molecule has 2 aromatic carbocycles. The fourth-order valence-corrected chi connectivity index (χ4v) is 2.86. The van der Waals surface area contributed by atoms with Crippen molar-refractivity contribution in [1.82, 2.24) is 0 Å². The lowest BCUT2D eigenvalue weighted by atomic mass is 9.94. The fraction of sp³-hybridized carbons (Fsp3) is 0.174. The standard InChI is InChI=1S/C23H20O6/c1-14-8-9-15(2)19(12-14)21(24)17-6-4-5-7-18(17)22(25)28-13-16-10-11-20(29-16)23(26)27-3/h4-12H,13H2,1-3H3. The summed E-state index contributed by atoms with van der Waals surface area (Å²) in [5.74, 6) is -1.21. The van der Waals surface area contributed by atoms with Crippen LogP contribution in [0.2, 0.25) is 0 Å². The van der Waals surface area contributed by atoms with E-state index in [-0.39, 0.29) is 35.0 Å². The van der Waals surface area contributed by atoms with Crippen molar-refractivity contribution < 1.29 is 28.3 Å². The zero-order valence-corrected chi connectivity index (χ0v) is 16.4. The average Bonchev–Trinajstić information content (AvgIpc) is 3.21. The van der Waals surface area contributed by atoms with Crippen LogP contribution >= 0.6 is 0 Å². The van der Waals surface area contributed by atoms with Gasteiger partial charge in [-0.05, 0) is 43.7 Å². The Balaban J connectivity index is 1.80. The predicted molar refractivity (Wildman–Crippen MR) is 105 cm³/mol. The highest BCUT2D eigenvalue weighted by atomic mass is 16.5. The molecule has 0 aliphatic heterocycles. The third-order valence-corrected chi connectivity index (χ3v) is 4.42. The average molecular weight is 392 g/mol. The molecule has 3 rings (SSSR count). The van der Waals surface area contributed by atoms with E-state index in [9.17, 15) is 14.4 Å². The quantitative estimate of drug-likeness (QED) is 0.460. The van der Waals surface area contributed by atoms with Crippen molar-refractivity contribution in [3.63, 3.8) is 0 Å². The van der Waals surface area contributed by atoms with Gasteiger partial charge in [-0.25, -0.2) is 9.59 Å². The first-order chi connectivity index (χ1) is 13.9. The van der Waals surface area contributed by atoms with E-state index < -0.39 is 11.9 Å². The molecule has 29 heavy (non-hydrogen) atoms. The number of carbonyl (C=O) groups is 3. The van der Waals surface area contributed by atoms with E-state index in [1.165, 1.54) is 19.2 Å². The summed E-state index contributed by atoms with van der Waals surface area (Å²) in [7, 11) is 1.24. The van der Waals surface area contributed by atoms with E-state index in [4.69, 9.17) is 9.15 Å². The zero-order chi connectivity index (χ0) is 21.0. The molecule has 0 radical (unpaired) electrons. The first kappa shape index (κ1) is 20.1. The van der Waals surface area contributed by atoms with Crippen LogP contribution in [0.15, 0.2) is 59.0 Å². The van der Waals surface area contributed by atoms with Crippen molar-refractivity contribution in [2.45, 2.75) is 20.5 Å². The SMILES string of the molecule is COC(=O)c1ccc(COC(=O)c2ccccc2C(=O)c2cc(C)ccc2C)o1. The smallest absolute Gasteiger partial charge is 0.373 e. The molecule has 0 saturated heterocycles. The number of furan rings is 1. The molecule has 148 valence electrons. The second-order valence-electron chi connectivity index (χ2n) is 6.53. The maximum atomic E-state index is 13.1. The second-order valence-corrected chi connectivity index (χ2v) is 6.53. The van der Waals surface area contributed by atoms with Crippen LogP contribution in [0.1, 0.15) is 53.7 Å². The lowest BCUT2D eigenvalue weighted by Gasteiger charge is -2.10. The van der Waals surface area contributed by atoms with Gasteiger partial charge in [-0.1, -0.05) is 35.9 Å². The van der Waals surface area contributed by atoms with E-state index in [1.807, 2.05) is 26.0 Å². The van der Waals surface area contributed by atoms with Gasteiger partial charge in [0.1, 0.15) is 12.4 Å². The number of methoxy groups -OCH3 is 1. The number of hydrogen-bond donors (Lipinski definition) is 0. The van der Waals surface area contributed by atoms with Gasteiger partial charge in [-0.2, -0.15) is 0 Å². The highest BCUT2D eigenvalue weighted by Crippen LogP contribution is 2.20. The van der Waals surface area contributed by atoms with Gasteiger partial charge in [0.15, 0.2) is 5.78 Å². The Morgan fingerprint density at radius 2 is 1.59 bits per heavy atom. The van der Waals surface area contributed by atoms with Gasteiger partial charge in [0.05, 0.1) is 12.7 Å². The second kappa shape index (κ2) is 8.56. The Morgan fingerprint density at radius 1 is 0.862 bits per heavy atom. The maximum absolute atomic E-state index is 13.1. The van der Waals surface area contributed by atoms with Gasteiger partial charge in [0.25, 0.3) is 0 Å². The maximum Gasteiger partial charge on any atom is 0.373 e. The van der Waals surface area contributed by atoms with E-state index in [0.29, 0.717) is 5.56 Å². The van der Waals surface area contributed by atoms with Gasteiger partial charge in [0, 0.05) is 11.1 Å². The van der Waals surface area contributed by atoms with Crippen LogP contribution in [0.4, 0.5) is 0 Å². The molecule has 0 fully saturated rings. The first-order valence-electron chi connectivity index (χ1n) is 8.96. The summed E-state index contributed by atoms with van der Waals surface area (Å²) < 4.78 is 15.1. The van der Waals surface area contributed by atoms with Crippen LogP contribution in [0, 0.1) is 13.8 Å². The number of carbonyl (C=O) groups excluding carboxylic acids is 3. The van der Waals surface area contributed by atoms with Crippen molar-refractivity contribution in [2.24, 2.45) is 0 Å². The Kier molecular flexibility index (Phi) is 5.93. The molecule has 3 aromatic rings. The largest absolute Gasteiger partial charge is 0.463 e. The number of hydrogen-bond acceptors (Lipinski definition) is 6. The summed E-state index contributed by atoms with van der Waals surface area (Å²) in [6.45, 7) is 3.58. The third-order valence-electron chi connectivity index (χ3n) is 4.42. The van der Waals surface area contributed by atoms with E-state index in [1.54, 1.807) is 30.3 Å². The number of aryl methyl sites for hydroxylation is 2. The molecule has 0 atom stereocenters. The Bertz CT molecular complexity index is 1080. The van der Waals surface area contributed by atoms with Crippen LogP contribution < -0.4 is 0 Å². The van der Waals surface area contributed by atoms with Crippen LogP contribution in [0.5, 0.6) is 0 Å². The molecule has 1 aromatic heterocycles. The first-order valence-corrected chi connectivity index (χ1v) is 8.96. The Hall–Kier alpha value is -3.67. The molecular formula is C23H20O6. The zero-order valence-electron chi connectivity index (χ0n) is 16.4. The highest BCUT2D eigenvalue weighted by Gasteiger charge is 2.21. The molecule has 6 heteroatoms. The summed E-state index contributed by atoms with van der Waals surface area (Å²) >= 11 is 0. The number of rotatable bonds is 6. The third kappa shape index (κ3) is 4.43. The van der Waals surface area contributed by atoms with Crippen LogP contribution in [-0.2, 0) is 16.1 Å². The summed E-state index contributed by atoms with van der Waals surface area (Å²) in [5.41, 5.74) is 2.76. The fourth-order valence-electron chi connectivity index (χ4n) is 2.86. The van der Waals surface area contributed by atoms with Crippen molar-refractivity contribution in [3.8, 4) is 0 Å². The van der Waals surface area contributed by atoms with E-state index >= 15 is 0 Å². The van der Waals surface area contributed by atoms with Gasteiger partial charge >= 0.3 is 11.9 Å². The lowest BCUT2D eigenvalue weighted by Crippen LogP contribution is -2.13. The minimum Gasteiger partial charge on any atom is -0.463 e. The molecule has 0 amide bonds. The molecule has 0 aliphatic rings. The number of esters is 2. The molecule has 0 saturated carbocycles. The van der Waals surface area contributed by atoms with Crippen molar-refractivity contribution in [3.05, 3.63) is 93.9 Å². The topological polar surface area (TPSA) is 82.8 Å². The normalized spacial score (nSPS) is 10.4. The van der Waals surface area contributed by atoms with E-state index in [0.717, 1.165) is 11.1 Å². The van der Waals surface area contributed by atoms with Gasteiger partial charge in [-0.3, -0.25) is 4.79 Å². The summed E-state index contributed by atoms with van der Waals surface area (Å²) in [5, 5.41) is 0. The summed E-state index contributed by atoms with van der Waals surface area (Å²) in [6.07, 6.45) is 0. The molecule has 6 nitrogen and oxygen atoms in total. The van der Waals surface area contributed by atoms with Crippen molar-refractivity contribution >= 4 is 17.7 Å². The van der Waals surface area contributed by atoms with E-state index in [2.05, 4.69) is 4.74 Å². The molecule has 0 aliphatic carbocycles. The molecular weight excluding hydrogens is 372 g/mol. The lowest BCUT2D eigenvalue weighted by molar-refractivity contribution is 0.0436. The van der Waals surface area contributed by atoms with Gasteiger partial charge < -0.3 is 13.9 Å². The van der Waals surface area contributed by atoms with Gasteiger partial charge in [0.2, 0.25) is 5.76 Å². The molecule has 0 unspecified atom stereocenters. The van der Waals surface area contributed by atoms with Crippen LogP contribution in [0.25, 0.3) is 0 Å². The Labute approximate surface area is 168 Å². The molecule has 1 heterocycles. The van der Waals surface area contributed by atoms with Crippen LogP contribution in [-0.4, -0.2) is 24.8 Å². The Morgan fingerprint density at radius 3 is 2.31 bits per heavy atom. The minimum atomic E-state index is -0.657. The highest BCUT2D eigenvalue weighted by molar-refractivity contribution is 6.15. The molecule has 0 bridgehead atoms. The molecule has 0 N–H and O–H groups in total. The molecule has 0 spiro atoms. The summed E-state index contributed by atoms with van der Waals surface area (Å²) in [6, 6.07) is 15.1. The number of benzene rings is 2. The van der Waals surface area contributed by atoms with Crippen LogP contribution in [0.3, 0.4) is 0 Å². The number of ether oxygens (including phenoxy) is 2.